The summed E-state index contributed by atoms with van der Waals surface area (Å²) in [5.74, 6) is -0.775. The average Bonchev–Trinajstić information content (AvgIpc) is 3.44. The minimum atomic E-state index is -1.25. The number of aliphatic imine (C=N–C) groups is 1. The van der Waals surface area contributed by atoms with Gasteiger partial charge >= 0.3 is 12.2 Å². The number of halogens is 2. The SMILES string of the molecule is C=CCCCN(CC(=O)Nc1c(Cl)cc(CN=C(NC(=O)OC(C)(C)C)NC(=O)c2c(-c3ccc(OCC=C)cc3)noc2C)cc1Cl)C(=O)O. The minimum Gasteiger partial charge on any atom is -0.490 e. The molecule has 0 fully saturated rings. The first-order valence-corrected chi connectivity index (χ1v) is 16.4. The van der Waals surface area contributed by atoms with Crippen LogP contribution in [0, 0.1) is 6.92 Å². The number of guanidine groups is 1. The highest BCUT2D eigenvalue weighted by atomic mass is 35.5. The molecule has 0 aliphatic carbocycles. The normalized spacial score (nSPS) is 11.3. The third-order valence-electron chi connectivity index (χ3n) is 6.66. The van der Waals surface area contributed by atoms with Crippen molar-refractivity contribution in [2.75, 3.05) is 25.0 Å². The van der Waals surface area contributed by atoms with Gasteiger partial charge in [0.1, 0.15) is 41.5 Å². The fourth-order valence-corrected chi connectivity index (χ4v) is 5.04. The number of nitrogens with one attached hydrogen (secondary N) is 3. The molecule has 0 bridgehead atoms. The van der Waals surface area contributed by atoms with Gasteiger partial charge in [-0.3, -0.25) is 25.1 Å². The largest absolute Gasteiger partial charge is 0.490 e. The molecule has 0 atom stereocenters. The molecule has 3 aromatic rings. The lowest BCUT2D eigenvalue weighted by Gasteiger charge is -2.20. The molecule has 1 heterocycles. The number of carbonyl (C=O) groups excluding carboxylic acids is 3. The number of aromatic nitrogens is 1. The number of anilines is 1. The van der Waals surface area contributed by atoms with E-state index in [4.69, 9.17) is 37.2 Å². The number of allylic oxidation sites excluding steroid dienone is 1. The minimum absolute atomic E-state index is 0.0471. The molecule has 2 aromatic carbocycles. The number of benzene rings is 2. The summed E-state index contributed by atoms with van der Waals surface area (Å²) in [5.41, 5.74) is 0.578. The van der Waals surface area contributed by atoms with Gasteiger partial charge in [-0.15, -0.1) is 6.58 Å². The van der Waals surface area contributed by atoms with Crippen LogP contribution in [-0.2, 0) is 16.1 Å². The Morgan fingerprint density at radius 1 is 1.06 bits per heavy atom. The van der Waals surface area contributed by atoms with E-state index in [2.05, 4.69) is 39.3 Å². The lowest BCUT2D eigenvalue weighted by Crippen LogP contribution is -2.46. The number of ether oxygens (including phenoxy) is 2. The quantitative estimate of drug-likeness (QED) is 0.0573. The molecule has 0 aliphatic heterocycles. The smallest absolute Gasteiger partial charge is 0.414 e. The predicted molar refractivity (Wildman–Crippen MR) is 194 cm³/mol. The Labute approximate surface area is 305 Å². The van der Waals surface area contributed by atoms with E-state index in [-0.39, 0.29) is 51.8 Å². The highest BCUT2D eigenvalue weighted by Gasteiger charge is 2.25. The second-order valence-electron chi connectivity index (χ2n) is 11.9. The summed E-state index contributed by atoms with van der Waals surface area (Å²) in [7, 11) is 0. The Bertz CT molecular complexity index is 1760. The molecule has 1 aromatic heterocycles. The number of aryl methyl sites for hydroxylation is 1. The van der Waals surface area contributed by atoms with Gasteiger partial charge in [0.2, 0.25) is 11.9 Å². The van der Waals surface area contributed by atoms with Crippen molar-refractivity contribution >= 4 is 58.8 Å². The monoisotopic (exact) mass is 742 g/mol. The molecule has 51 heavy (non-hydrogen) atoms. The molecule has 14 nitrogen and oxygen atoms in total. The van der Waals surface area contributed by atoms with Crippen molar-refractivity contribution in [3.63, 3.8) is 0 Å². The molecule has 0 aliphatic rings. The van der Waals surface area contributed by atoms with Gasteiger partial charge in [-0.05, 0) is 82.5 Å². The number of carboxylic acid groups (broad SMARTS) is 1. The summed E-state index contributed by atoms with van der Waals surface area (Å²) >= 11 is 12.9. The van der Waals surface area contributed by atoms with Crippen LogP contribution >= 0.6 is 23.2 Å². The van der Waals surface area contributed by atoms with Gasteiger partial charge < -0.3 is 24.4 Å². The molecule has 0 unspecified atom stereocenters. The lowest BCUT2D eigenvalue weighted by molar-refractivity contribution is -0.117. The molecule has 272 valence electrons. The van der Waals surface area contributed by atoms with E-state index in [1.54, 1.807) is 64.1 Å². The van der Waals surface area contributed by atoms with Gasteiger partial charge in [0.25, 0.3) is 5.91 Å². The fraction of sp³-hybridized carbons (Fsp3) is 0.314. The Kier molecular flexibility index (Phi) is 14.6. The Morgan fingerprint density at radius 2 is 1.73 bits per heavy atom. The summed E-state index contributed by atoms with van der Waals surface area (Å²) < 4.78 is 16.2. The van der Waals surface area contributed by atoms with Crippen LogP contribution in [0.3, 0.4) is 0 Å². The van der Waals surface area contributed by atoms with Gasteiger partial charge in [0.15, 0.2) is 0 Å². The molecule has 0 spiro atoms. The third kappa shape index (κ3) is 12.5. The highest BCUT2D eigenvalue weighted by molar-refractivity contribution is 6.40. The third-order valence-corrected chi connectivity index (χ3v) is 7.26. The van der Waals surface area contributed by atoms with Crippen molar-refractivity contribution < 1.29 is 38.3 Å². The van der Waals surface area contributed by atoms with Crippen molar-refractivity contribution in [2.24, 2.45) is 4.99 Å². The molecule has 4 amide bonds. The van der Waals surface area contributed by atoms with E-state index in [1.165, 1.54) is 12.1 Å². The second-order valence-corrected chi connectivity index (χ2v) is 12.8. The Hall–Kier alpha value is -5.34. The summed E-state index contributed by atoms with van der Waals surface area (Å²) in [6.07, 6.45) is 2.24. The van der Waals surface area contributed by atoms with Crippen LogP contribution in [0.4, 0.5) is 15.3 Å². The Morgan fingerprint density at radius 3 is 2.31 bits per heavy atom. The van der Waals surface area contributed by atoms with Crippen LogP contribution in [-0.4, -0.2) is 70.4 Å². The number of hydrogen-bond donors (Lipinski definition) is 4. The molecule has 4 N–H and O–H groups in total. The van der Waals surface area contributed by atoms with E-state index >= 15 is 0 Å². The van der Waals surface area contributed by atoms with E-state index in [1.807, 2.05) is 0 Å². The molecular formula is C35H40Cl2N6O8. The van der Waals surface area contributed by atoms with Crippen LogP contribution in [0.15, 0.2) is 71.2 Å². The fourth-order valence-electron chi connectivity index (χ4n) is 4.41. The Balaban J connectivity index is 1.83. The molecule has 0 radical (unpaired) electrons. The van der Waals surface area contributed by atoms with Crippen molar-refractivity contribution in [1.82, 2.24) is 20.7 Å². The van der Waals surface area contributed by atoms with Crippen molar-refractivity contribution in [1.29, 1.82) is 0 Å². The predicted octanol–water partition coefficient (Wildman–Crippen LogP) is 7.22. The number of nitrogens with zero attached hydrogens (tertiary/aromatic N) is 3. The summed E-state index contributed by atoms with van der Waals surface area (Å²) in [6.45, 7) is 13.7. The molecule has 0 saturated carbocycles. The number of hydrogen-bond acceptors (Lipinski definition) is 9. The topological polar surface area (TPSA) is 185 Å². The maximum Gasteiger partial charge on any atom is 0.414 e. The maximum atomic E-state index is 13.6. The number of rotatable bonds is 14. The number of unbranched alkanes of at least 4 members (excludes halogenated alkanes) is 1. The van der Waals surface area contributed by atoms with E-state index in [9.17, 15) is 24.3 Å². The van der Waals surface area contributed by atoms with E-state index in [0.717, 1.165) is 4.90 Å². The van der Waals surface area contributed by atoms with Crippen LogP contribution < -0.4 is 20.7 Å². The van der Waals surface area contributed by atoms with Gasteiger partial charge in [-0.2, -0.15) is 0 Å². The zero-order chi connectivity index (χ0) is 37.7. The maximum absolute atomic E-state index is 13.6. The number of alkyl carbamates (subject to hydrolysis) is 1. The first-order chi connectivity index (χ1) is 24.1. The second kappa shape index (κ2) is 18.6. The zero-order valence-electron chi connectivity index (χ0n) is 28.7. The van der Waals surface area contributed by atoms with Crippen LogP contribution in [0.25, 0.3) is 11.3 Å². The van der Waals surface area contributed by atoms with E-state index in [0.29, 0.717) is 36.3 Å². The lowest BCUT2D eigenvalue weighted by atomic mass is 10.1. The zero-order valence-corrected chi connectivity index (χ0v) is 30.2. The van der Waals surface area contributed by atoms with Gasteiger partial charge in [-0.1, -0.05) is 47.1 Å². The summed E-state index contributed by atoms with van der Waals surface area (Å²) in [4.78, 5) is 55.9. The highest BCUT2D eigenvalue weighted by Crippen LogP contribution is 2.32. The average molecular weight is 744 g/mol. The van der Waals surface area contributed by atoms with Gasteiger partial charge in [0, 0.05) is 12.1 Å². The molecule has 3 rings (SSSR count). The molecule has 16 heteroatoms. The van der Waals surface area contributed by atoms with Gasteiger partial charge in [0.05, 0.1) is 22.3 Å². The summed E-state index contributed by atoms with van der Waals surface area (Å²) in [6, 6.07) is 9.81. The molecule has 0 saturated heterocycles. The molecular weight excluding hydrogens is 703 g/mol. The standard InChI is InChI=1S/C35H40Cl2N6O8/c1-7-9-10-15-43(34(47)48)20-27(44)39-30-25(36)17-22(18-26(30)37)19-38-32(41-33(46)50-35(4,5)6)40-31(45)28-21(3)51-42-29(28)23-11-13-24(14-12-23)49-16-8-2/h7-8,11-14,17-18H,1-2,9-10,15-16,19-20H2,3-6H3,(H,39,44)(H,47,48)(H2,38,40,41,45,46). The number of amides is 4. The van der Waals surface area contributed by atoms with Crippen LogP contribution in [0.1, 0.15) is 55.3 Å². The first kappa shape index (κ1) is 40.1. The summed E-state index contributed by atoms with van der Waals surface area (Å²) in [5, 5.41) is 21.2. The van der Waals surface area contributed by atoms with Crippen molar-refractivity contribution in [3.05, 3.63) is 88.6 Å². The first-order valence-electron chi connectivity index (χ1n) is 15.6. The van der Waals surface area contributed by atoms with Crippen LogP contribution in [0.2, 0.25) is 10.0 Å². The van der Waals surface area contributed by atoms with Crippen LogP contribution in [0.5, 0.6) is 5.75 Å². The van der Waals surface area contributed by atoms with Crippen molar-refractivity contribution in [2.45, 2.75) is 52.7 Å². The van der Waals surface area contributed by atoms with Gasteiger partial charge in [-0.25, -0.2) is 14.6 Å². The number of carbonyl (C=O) groups is 4. The van der Waals surface area contributed by atoms with Crippen molar-refractivity contribution in [3.8, 4) is 17.0 Å². The van der Waals surface area contributed by atoms with E-state index < -0.39 is 36.1 Å².